The predicted molar refractivity (Wildman–Crippen MR) is 55.5 cm³/mol. The van der Waals surface area contributed by atoms with Crippen molar-refractivity contribution in [3.63, 3.8) is 0 Å². The molecule has 1 heterocycles. The zero-order chi connectivity index (χ0) is 9.97. The molecule has 1 aliphatic heterocycles. The van der Waals surface area contributed by atoms with E-state index in [0.717, 1.165) is 17.8 Å². The summed E-state index contributed by atoms with van der Waals surface area (Å²) < 4.78 is 5.57. The van der Waals surface area contributed by atoms with Gasteiger partial charge in [-0.15, -0.1) is 0 Å². The van der Waals surface area contributed by atoms with Crippen LogP contribution in [0.3, 0.4) is 0 Å². The molecule has 0 radical (unpaired) electrons. The first-order chi connectivity index (χ1) is 6.81. The van der Waals surface area contributed by atoms with Gasteiger partial charge in [0, 0.05) is 11.6 Å². The van der Waals surface area contributed by atoms with Gasteiger partial charge in [0.25, 0.3) is 0 Å². The second kappa shape index (κ2) is 3.58. The van der Waals surface area contributed by atoms with Gasteiger partial charge in [0.05, 0.1) is 0 Å². The Kier molecular flexibility index (Phi) is 2.27. The average Bonchev–Trinajstić information content (AvgIpc) is 2.18. The molecule has 0 fully saturated rings. The first-order valence-corrected chi connectivity index (χ1v) is 4.63. The number of hydrogen-bond acceptors (Lipinski definition) is 2. The topological polar surface area (TPSA) is 29.5 Å². The van der Waals surface area contributed by atoms with E-state index < -0.39 is 0 Å². The maximum atomic E-state index is 9.72. The van der Waals surface area contributed by atoms with E-state index in [1.807, 2.05) is 37.3 Å². The van der Waals surface area contributed by atoms with Crippen molar-refractivity contribution in [3.05, 3.63) is 59.3 Å². The van der Waals surface area contributed by atoms with Crippen LogP contribution >= 0.6 is 0 Å². The van der Waals surface area contributed by atoms with Gasteiger partial charge in [0.15, 0.2) is 0 Å². The molecule has 0 unspecified atom stereocenters. The quantitative estimate of drug-likeness (QED) is 0.685. The molecule has 2 aliphatic rings. The summed E-state index contributed by atoms with van der Waals surface area (Å²) in [7, 11) is 0. The lowest BCUT2D eigenvalue weighted by molar-refractivity contribution is 0.301. The van der Waals surface area contributed by atoms with E-state index >= 15 is 0 Å². The predicted octanol–water partition coefficient (Wildman–Crippen LogP) is 3.13. The highest BCUT2D eigenvalue weighted by Gasteiger charge is 2.18. The number of ether oxygens (including phenoxy) is 1. The van der Waals surface area contributed by atoms with Gasteiger partial charge >= 0.3 is 0 Å². The van der Waals surface area contributed by atoms with E-state index in [4.69, 9.17) is 4.74 Å². The van der Waals surface area contributed by atoms with Gasteiger partial charge in [-0.25, -0.2) is 0 Å². The Balaban J connectivity index is 2.38. The normalized spacial score (nSPS) is 20.4. The molecule has 14 heavy (non-hydrogen) atoms. The van der Waals surface area contributed by atoms with E-state index in [-0.39, 0.29) is 0 Å². The van der Waals surface area contributed by atoms with Gasteiger partial charge in [-0.3, -0.25) is 0 Å². The monoisotopic (exact) mass is 188 g/mol. The first kappa shape index (κ1) is 8.88. The molecule has 0 bridgehead atoms. The summed E-state index contributed by atoms with van der Waals surface area (Å²) in [5, 5.41) is 9.72. The van der Waals surface area contributed by atoms with Gasteiger partial charge in [0.2, 0.25) is 0 Å². The molecule has 0 aromatic heterocycles. The van der Waals surface area contributed by atoms with Crippen molar-refractivity contribution in [3.8, 4) is 0 Å². The molecule has 0 atom stereocenters. The molecule has 0 spiro atoms. The summed E-state index contributed by atoms with van der Waals surface area (Å²) in [6.45, 7) is 1.91. The van der Waals surface area contributed by atoms with E-state index in [2.05, 4.69) is 0 Å². The summed E-state index contributed by atoms with van der Waals surface area (Å²) in [5.74, 6) is 1.73. The van der Waals surface area contributed by atoms with Gasteiger partial charge in [-0.2, -0.15) is 0 Å². The maximum Gasteiger partial charge on any atom is 0.134 e. The zero-order valence-electron chi connectivity index (χ0n) is 8.03. The van der Waals surface area contributed by atoms with Crippen LogP contribution in [0.5, 0.6) is 0 Å². The van der Waals surface area contributed by atoms with E-state index in [0.29, 0.717) is 11.5 Å². The first-order valence-electron chi connectivity index (χ1n) is 4.63. The molecule has 2 rings (SSSR count). The summed E-state index contributed by atoms with van der Waals surface area (Å²) in [6, 6.07) is 0. The summed E-state index contributed by atoms with van der Waals surface area (Å²) in [6.07, 6.45) is 11.9. The third-order valence-electron chi connectivity index (χ3n) is 2.15. The van der Waals surface area contributed by atoms with E-state index in [9.17, 15) is 5.11 Å². The molecule has 2 nitrogen and oxygen atoms in total. The van der Waals surface area contributed by atoms with Gasteiger partial charge in [-0.05, 0) is 25.5 Å². The second-order valence-electron chi connectivity index (χ2n) is 3.18. The van der Waals surface area contributed by atoms with Crippen LogP contribution < -0.4 is 0 Å². The molecular weight excluding hydrogens is 176 g/mol. The Morgan fingerprint density at radius 3 is 3.14 bits per heavy atom. The van der Waals surface area contributed by atoms with Crippen LogP contribution in [0.4, 0.5) is 0 Å². The van der Waals surface area contributed by atoms with Crippen LogP contribution in [-0.4, -0.2) is 5.11 Å². The Labute approximate surface area is 83.2 Å². The number of hydrogen-bond donors (Lipinski definition) is 1. The average molecular weight is 188 g/mol. The number of allylic oxidation sites excluding steroid dienone is 7. The molecule has 0 aromatic carbocycles. The fraction of sp³-hybridized carbons (Fsp3) is 0.167. The summed E-state index contributed by atoms with van der Waals surface area (Å²) in [4.78, 5) is 0. The number of aliphatic hydroxyl groups excluding tert-OH is 1. The molecule has 1 aliphatic carbocycles. The molecule has 1 N–H and O–H groups in total. The van der Waals surface area contributed by atoms with Crippen molar-refractivity contribution in [2.45, 2.75) is 13.3 Å². The molecule has 0 amide bonds. The minimum Gasteiger partial charge on any atom is -0.507 e. The zero-order valence-corrected chi connectivity index (χ0v) is 8.03. The molecule has 72 valence electrons. The van der Waals surface area contributed by atoms with Gasteiger partial charge in [0.1, 0.15) is 17.3 Å². The van der Waals surface area contributed by atoms with Gasteiger partial charge in [-0.1, -0.05) is 18.2 Å². The number of aliphatic hydroxyl groups is 1. The highest BCUT2D eigenvalue weighted by molar-refractivity contribution is 5.45. The van der Waals surface area contributed by atoms with Crippen molar-refractivity contribution in [1.82, 2.24) is 0 Å². The SMILES string of the molecule is CC=CC1=CC(O)=C2CC=CC=C2O1. The van der Waals surface area contributed by atoms with Crippen LogP contribution in [0.2, 0.25) is 0 Å². The maximum absolute atomic E-state index is 9.72. The summed E-state index contributed by atoms with van der Waals surface area (Å²) >= 11 is 0. The lowest BCUT2D eigenvalue weighted by atomic mass is 10.0. The fourth-order valence-electron chi connectivity index (χ4n) is 1.49. The molecular formula is C12H12O2. The van der Waals surface area contributed by atoms with Crippen molar-refractivity contribution in [1.29, 1.82) is 0 Å². The largest absolute Gasteiger partial charge is 0.507 e. The van der Waals surface area contributed by atoms with Crippen molar-refractivity contribution in [2.75, 3.05) is 0 Å². The molecule has 0 saturated carbocycles. The van der Waals surface area contributed by atoms with Crippen molar-refractivity contribution in [2.24, 2.45) is 0 Å². The van der Waals surface area contributed by atoms with E-state index in [1.54, 1.807) is 6.08 Å². The fourth-order valence-corrected chi connectivity index (χ4v) is 1.49. The summed E-state index contributed by atoms with van der Waals surface area (Å²) in [5.41, 5.74) is 0.862. The third-order valence-corrected chi connectivity index (χ3v) is 2.15. The number of rotatable bonds is 1. The lowest BCUT2D eigenvalue weighted by Gasteiger charge is -2.20. The van der Waals surface area contributed by atoms with Gasteiger partial charge < -0.3 is 9.84 Å². The Bertz CT molecular complexity index is 393. The van der Waals surface area contributed by atoms with E-state index in [1.165, 1.54) is 0 Å². The minimum absolute atomic E-state index is 0.306. The number of fused-ring (bicyclic) bond motifs is 1. The second-order valence-corrected chi connectivity index (χ2v) is 3.18. The Hall–Kier alpha value is -1.70. The van der Waals surface area contributed by atoms with Crippen LogP contribution in [0.25, 0.3) is 0 Å². The van der Waals surface area contributed by atoms with Crippen LogP contribution in [-0.2, 0) is 4.74 Å². The smallest absolute Gasteiger partial charge is 0.134 e. The molecule has 0 saturated heterocycles. The highest BCUT2D eigenvalue weighted by atomic mass is 16.5. The third kappa shape index (κ3) is 1.51. The van der Waals surface area contributed by atoms with Crippen molar-refractivity contribution >= 4 is 0 Å². The van der Waals surface area contributed by atoms with Crippen LogP contribution in [0.1, 0.15) is 13.3 Å². The van der Waals surface area contributed by atoms with Crippen molar-refractivity contribution < 1.29 is 9.84 Å². The Morgan fingerprint density at radius 2 is 2.36 bits per heavy atom. The molecule has 2 heteroatoms. The highest BCUT2D eigenvalue weighted by Crippen LogP contribution is 2.30. The van der Waals surface area contributed by atoms with Crippen LogP contribution in [0, 0.1) is 0 Å². The Morgan fingerprint density at radius 1 is 1.50 bits per heavy atom. The molecule has 0 aromatic rings. The minimum atomic E-state index is 0.306. The standard InChI is InChI=1S/C12H12O2/c1-2-5-9-8-11(13)10-6-3-4-7-12(10)14-9/h2-5,7-8,13H,6H2,1H3. The van der Waals surface area contributed by atoms with Crippen LogP contribution in [0.15, 0.2) is 59.3 Å². The lowest BCUT2D eigenvalue weighted by Crippen LogP contribution is -2.06.